The molecular formula is C25H35N7O2S. The van der Waals surface area contributed by atoms with Gasteiger partial charge in [-0.05, 0) is 50.3 Å². The predicted octanol–water partition coefficient (Wildman–Crippen LogP) is 2.19. The molecule has 1 aromatic carbocycles. The van der Waals surface area contributed by atoms with Crippen LogP contribution < -0.4 is 20.0 Å². The summed E-state index contributed by atoms with van der Waals surface area (Å²) < 4.78 is 0. The van der Waals surface area contributed by atoms with Crippen LogP contribution in [-0.4, -0.2) is 85.3 Å². The maximum atomic E-state index is 13.0. The van der Waals surface area contributed by atoms with Gasteiger partial charge in [0.1, 0.15) is 6.04 Å². The Labute approximate surface area is 211 Å². The van der Waals surface area contributed by atoms with Crippen molar-refractivity contribution in [1.82, 2.24) is 20.4 Å². The third-order valence-corrected chi connectivity index (χ3v) is 8.51. The number of carbonyl (C=O) groups is 2. The molecule has 0 spiro atoms. The van der Waals surface area contributed by atoms with Gasteiger partial charge in [-0.2, -0.15) is 0 Å². The molecule has 0 radical (unpaired) electrons. The Morgan fingerprint density at radius 1 is 1.06 bits per heavy atom. The number of piperazine rings is 1. The number of hydrogen-bond acceptors (Lipinski definition) is 8. The number of amides is 2. The number of hydrogen-bond donors (Lipinski definition) is 1. The molecular weight excluding hydrogens is 462 g/mol. The first-order valence-corrected chi connectivity index (χ1v) is 13.5. The molecule has 3 aliphatic rings. The summed E-state index contributed by atoms with van der Waals surface area (Å²) in [6.07, 6.45) is 3.21. The predicted molar refractivity (Wildman–Crippen MR) is 139 cm³/mol. The number of benzene rings is 1. The van der Waals surface area contributed by atoms with Gasteiger partial charge in [0.25, 0.3) is 0 Å². The van der Waals surface area contributed by atoms with Crippen molar-refractivity contribution in [3.05, 3.63) is 29.3 Å². The quantitative estimate of drug-likeness (QED) is 0.628. The molecule has 3 saturated heterocycles. The molecule has 2 amide bonds. The summed E-state index contributed by atoms with van der Waals surface area (Å²) >= 11 is 1.41. The number of anilines is 3. The minimum Gasteiger partial charge on any atom is -0.369 e. The fourth-order valence-corrected chi connectivity index (χ4v) is 6.26. The minimum atomic E-state index is -0.216. The highest BCUT2D eigenvalue weighted by molar-refractivity contribution is 7.19. The smallest absolute Gasteiger partial charge is 0.242 e. The number of aryl methyl sites for hydroxylation is 1. The average molecular weight is 498 g/mol. The standard InChI is InChI=1S/C25H35N7O2S/c1-18-6-3-7-20(19(18)2)30-16-14-29(15-17-30)13-10-26-23(34)21-8-4-11-31(21)24-27-28-25(35-24)32-12-5-9-22(32)33/h3,6-7,21H,4-5,8-17H2,1-2H3,(H,26,34)/t21-/m1/s1. The van der Waals surface area contributed by atoms with Gasteiger partial charge in [0.15, 0.2) is 0 Å². The molecule has 1 atom stereocenters. The lowest BCUT2D eigenvalue weighted by atomic mass is 10.1. The summed E-state index contributed by atoms with van der Waals surface area (Å²) in [5.41, 5.74) is 4.04. The summed E-state index contributed by atoms with van der Waals surface area (Å²) in [6.45, 7) is 11.4. The number of nitrogens with zero attached hydrogens (tertiary/aromatic N) is 6. The topological polar surface area (TPSA) is 84.9 Å². The van der Waals surface area contributed by atoms with Crippen molar-refractivity contribution < 1.29 is 9.59 Å². The van der Waals surface area contributed by atoms with Crippen LogP contribution in [0.1, 0.15) is 36.8 Å². The molecule has 2 aromatic rings. The molecule has 4 heterocycles. The Morgan fingerprint density at radius 2 is 1.86 bits per heavy atom. The van der Waals surface area contributed by atoms with Gasteiger partial charge in [-0.1, -0.05) is 23.5 Å². The molecule has 188 valence electrons. The first-order valence-electron chi connectivity index (χ1n) is 12.7. The van der Waals surface area contributed by atoms with Gasteiger partial charge in [-0.25, -0.2) is 0 Å². The van der Waals surface area contributed by atoms with E-state index in [2.05, 4.69) is 62.3 Å². The summed E-state index contributed by atoms with van der Waals surface area (Å²) in [7, 11) is 0. The lowest BCUT2D eigenvalue weighted by Gasteiger charge is -2.37. The second-order valence-electron chi connectivity index (χ2n) is 9.71. The van der Waals surface area contributed by atoms with Crippen molar-refractivity contribution in [1.29, 1.82) is 0 Å². The first-order chi connectivity index (χ1) is 17.0. The Morgan fingerprint density at radius 3 is 2.63 bits per heavy atom. The van der Waals surface area contributed by atoms with E-state index in [1.807, 2.05) is 0 Å². The van der Waals surface area contributed by atoms with E-state index in [-0.39, 0.29) is 17.9 Å². The second kappa shape index (κ2) is 10.5. The highest BCUT2D eigenvalue weighted by Gasteiger charge is 2.34. The minimum absolute atomic E-state index is 0.0607. The highest BCUT2D eigenvalue weighted by Crippen LogP contribution is 2.33. The van der Waals surface area contributed by atoms with Gasteiger partial charge in [0.2, 0.25) is 22.1 Å². The summed E-state index contributed by atoms with van der Waals surface area (Å²) in [5, 5.41) is 13.1. The number of rotatable bonds is 7. The molecule has 0 bridgehead atoms. The van der Waals surface area contributed by atoms with Crippen molar-refractivity contribution in [3.63, 3.8) is 0 Å². The summed E-state index contributed by atoms with van der Waals surface area (Å²) in [5.74, 6) is 0.170. The van der Waals surface area contributed by atoms with E-state index in [1.54, 1.807) is 4.90 Å². The fraction of sp³-hybridized carbons (Fsp3) is 0.600. The van der Waals surface area contributed by atoms with E-state index in [0.717, 1.165) is 63.7 Å². The lowest BCUT2D eigenvalue weighted by Crippen LogP contribution is -2.50. The highest BCUT2D eigenvalue weighted by atomic mass is 32.1. The molecule has 0 aliphatic carbocycles. The van der Waals surface area contributed by atoms with Crippen LogP contribution >= 0.6 is 11.3 Å². The van der Waals surface area contributed by atoms with Gasteiger partial charge >= 0.3 is 0 Å². The summed E-state index contributed by atoms with van der Waals surface area (Å²) in [6, 6.07) is 6.31. The third-order valence-electron chi connectivity index (χ3n) is 7.53. The average Bonchev–Trinajstić information content (AvgIpc) is 3.61. The molecule has 3 fully saturated rings. The SMILES string of the molecule is Cc1cccc(N2CCN(CCNC(=O)[C@H]3CCCN3c3nnc(N4CCCC4=O)s3)CC2)c1C. The molecule has 1 N–H and O–H groups in total. The van der Waals surface area contributed by atoms with E-state index in [4.69, 9.17) is 0 Å². The Balaban J connectivity index is 1.09. The van der Waals surface area contributed by atoms with E-state index < -0.39 is 0 Å². The van der Waals surface area contributed by atoms with E-state index >= 15 is 0 Å². The molecule has 9 nitrogen and oxygen atoms in total. The maximum absolute atomic E-state index is 13.0. The van der Waals surface area contributed by atoms with Crippen molar-refractivity contribution in [2.75, 3.05) is 67.1 Å². The van der Waals surface area contributed by atoms with Crippen molar-refractivity contribution in [2.24, 2.45) is 0 Å². The van der Waals surface area contributed by atoms with Gasteiger partial charge in [0, 0.05) is 64.5 Å². The van der Waals surface area contributed by atoms with Crippen molar-refractivity contribution in [2.45, 2.75) is 45.6 Å². The summed E-state index contributed by atoms with van der Waals surface area (Å²) in [4.78, 5) is 33.7. The van der Waals surface area contributed by atoms with E-state index in [0.29, 0.717) is 24.6 Å². The molecule has 1 aromatic heterocycles. The third kappa shape index (κ3) is 5.13. The normalized spacial score (nSPS) is 21.3. The molecule has 10 heteroatoms. The Kier molecular flexibility index (Phi) is 7.19. The first kappa shape index (κ1) is 24.0. The second-order valence-corrected chi connectivity index (χ2v) is 10.6. The van der Waals surface area contributed by atoms with Crippen LogP contribution in [-0.2, 0) is 9.59 Å². The van der Waals surface area contributed by atoms with Crippen LogP contribution in [0.15, 0.2) is 18.2 Å². The molecule has 0 saturated carbocycles. The fourth-order valence-electron chi connectivity index (χ4n) is 5.30. The zero-order valence-corrected chi connectivity index (χ0v) is 21.5. The van der Waals surface area contributed by atoms with E-state index in [1.165, 1.54) is 28.2 Å². The van der Waals surface area contributed by atoms with Gasteiger partial charge in [-0.15, -0.1) is 10.2 Å². The monoisotopic (exact) mass is 497 g/mol. The van der Waals surface area contributed by atoms with Gasteiger partial charge < -0.3 is 15.1 Å². The largest absolute Gasteiger partial charge is 0.369 e. The van der Waals surface area contributed by atoms with Crippen LogP contribution in [0.2, 0.25) is 0 Å². The number of carbonyl (C=O) groups excluding carboxylic acids is 2. The van der Waals surface area contributed by atoms with Crippen LogP contribution in [0.3, 0.4) is 0 Å². The molecule has 35 heavy (non-hydrogen) atoms. The molecule has 3 aliphatic heterocycles. The molecule has 5 rings (SSSR count). The van der Waals surface area contributed by atoms with E-state index in [9.17, 15) is 9.59 Å². The Hall–Kier alpha value is -2.72. The lowest BCUT2D eigenvalue weighted by molar-refractivity contribution is -0.122. The molecule has 0 unspecified atom stereocenters. The van der Waals surface area contributed by atoms with Crippen LogP contribution in [0.5, 0.6) is 0 Å². The van der Waals surface area contributed by atoms with Crippen LogP contribution in [0.25, 0.3) is 0 Å². The number of nitrogens with one attached hydrogen (secondary N) is 1. The van der Waals surface area contributed by atoms with Gasteiger partial charge in [-0.3, -0.25) is 19.4 Å². The van der Waals surface area contributed by atoms with Crippen LogP contribution in [0, 0.1) is 13.8 Å². The zero-order valence-electron chi connectivity index (χ0n) is 20.7. The van der Waals surface area contributed by atoms with Crippen molar-refractivity contribution in [3.8, 4) is 0 Å². The van der Waals surface area contributed by atoms with Crippen LogP contribution in [0.4, 0.5) is 16.0 Å². The number of aromatic nitrogens is 2. The van der Waals surface area contributed by atoms with Crippen molar-refractivity contribution >= 4 is 39.1 Å². The maximum Gasteiger partial charge on any atom is 0.242 e. The zero-order chi connectivity index (χ0) is 24.4. The Bertz CT molecular complexity index is 1070. The van der Waals surface area contributed by atoms with Gasteiger partial charge in [0.05, 0.1) is 0 Å².